The summed E-state index contributed by atoms with van der Waals surface area (Å²) in [5.41, 5.74) is 3.52. The van der Waals surface area contributed by atoms with Crippen molar-refractivity contribution in [2.24, 2.45) is 0 Å². The summed E-state index contributed by atoms with van der Waals surface area (Å²) in [4.78, 5) is 23.2. The molecule has 0 bridgehead atoms. The second-order valence-corrected chi connectivity index (χ2v) is 5.72. The smallest absolute Gasteiger partial charge is 0.255 e. The van der Waals surface area contributed by atoms with E-state index in [1.165, 1.54) is 6.92 Å². The number of aliphatic carboxylic acids is 1. The Morgan fingerprint density at radius 3 is 2.08 bits per heavy atom. The summed E-state index contributed by atoms with van der Waals surface area (Å²) in [6.07, 6.45) is 0.609. The van der Waals surface area contributed by atoms with Crippen LogP contribution in [-0.4, -0.2) is 18.0 Å². The molecule has 0 heterocycles. The highest BCUT2D eigenvalue weighted by molar-refractivity contribution is 6.05. The normalized spacial score (nSPS) is 11.6. The molecule has 1 amide bonds. The van der Waals surface area contributed by atoms with Crippen molar-refractivity contribution >= 4 is 17.6 Å². The Morgan fingerprint density at radius 1 is 1.04 bits per heavy atom. The number of carboxylic acid groups (broad SMARTS) is 1. The zero-order valence-corrected chi connectivity index (χ0v) is 14.7. The molecule has 5 nitrogen and oxygen atoms in total. The van der Waals surface area contributed by atoms with Gasteiger partial charge in [-0.3, -0.25) is 4.79 Å². The maximum Gasteiger partial charge on any atom is 0.255 e. The molecule has 0 radical (unpaired) electrons. The van der Waals surface area contributed by atoms with E-state index >= 15 is 0 Å². The fourth-order valence-corrected chi connectivity index (χ4v) is 2.53. The van der Waals surface area contributed by atoms with Crippen LogP contribution in [0.4, 0.5) is 5.69 Å². The minimum absolute atomic E-state index is 0.213. The summed E-state index contributed by atoms with van der Waals surface area (Å²) in [6.45, 7) is 5.49. The van der Waals surface area contributed by atoms with Crippen LogP contribution in [0.2, 0.25) is 0 Å². The SMILES string of the molecule is CCc1cccc(CC)c1NC(=O)c1ccc(O[C@@H](C)C(=O)[O-])cc1. The molecule has 2 aromatic rings. The first-order valence-corrected chi connectivity index (χ1v) is 8.35. The zero-order valence-electron chi connectivity index (χ0n) is 14.7. The monoisotopic (exact) mass is 340 g/mol. The molecule has 2 aromatic carbocycles. The summed E-state index contributed by atoms with van der Waals surface area (Å²) in [7, 11) is 0. The lowest BCUT2D eigenvalue weighted by Gasteiger charge is -2.16. The van der Waals surface area contributed by atoms with E-state index in [0.29, 0.717) is 11.3 Å². The third-order valence-corrected chi connectivity index (χ3v) is 4.00. The summed E-state index contributed by atoms with van der Waals surface area (Å²) in [5.74, 6) is -1.13. The highest BCUT2D eigenvalue weighted by atomic mass is 16.5. The van der Waals surface area contributed by atoms with Crippen molar-refractivity contribution in [3.8, 4) is 5.75 Å². The molecule has 1 atom stereocenters. The predicted molar refractivity (Wildman–Crippen MR) is 94.7 cm³/mol. The minimum atomic E-state index is -1.29. The third kappa shape index (κ3) is 4.59. The molecule has 5 heteroatoms. The van der Waals surface area contributed by atoms with Crippen LogP contribution in [0, 0.1) is 0 Å². The quantitative estimate of drug-likeness (QED) is 0.840. The van der Waals surface area contributed by atoms with E-state index in [2.05, 4.69) is 19.2 Å². The lowest BCUT2D eigenvalue weighted by molar-refractivity contribution is -0.312. The lowest BCUT2D eigenvalue weighted by Crippen LogP contribution is -2.37. The number of carbonyl (C=O) groups is 2. The summed E-state index contributed by atoms with van der Waals surface area (Å²) < 4.78 is 5.21. The number of ether oxygens (including phenoxy) is 1. The Bertz CT molecular complexity index is 731. The van der Waals surface area contributed by atoms with Gasteiger partial charge in [-0.2, -0.15) is 0 Å². The number of rotatable bonds is 7. The fraction of sp³-hybridized carbons (Fsp3) is 0.300. The largest absolute Gasteiger partial charge is 0.546 e. The highest BCUT2D eigenvalue weighted by Crippen LogP contribution is 2.23. The van der Waals surface area contributed by atoms with E-state index < -0.39 is 12.1 Å². The second-order valence-electron chi connectivity index (χ2n) is 5.72. The molecule has 2 rings (SSSR count). The molecule has 132 valence electrons. The number of para-hydroxylation sites is 1. The minimum Gasteiger partial charge on any atom is -0.546 e. The number of carbonyl (C=O) groups excluding carboxylic acids is 2. The highest BCUT2D eigenvalue weighted by Gasteiger charge is 2.12. The number of hydrogen-bond donors (Lipinski definition) is 1. The maximum atomic E-state index is 12.5. The first kappa shape index (κ1) is 18.5. The van der Waals surface area contributed by atoms with Gasteiger partial charge >= 0.3 is 0 Å². The van der Waals surface area contributed by atoms with Crippen LogP contribution in [0.25, 0.3) is 0 Å². The average molecular weight is 340 g/mol. The van der Waals surface area contributed by atoms with Crippen molar-refractivity contribution in [2.75, 3.05) is 5.32 Å². The number of amides is 1. The van der Waals surface area contributed by atoms with Crippen LogP contribution < -0.4 is 15.2 Å². The molecule has 0 fully saturated rings. The summed E-state index contributed by atoms with van der Waals surface area (Å²) in [5, 5.41) is 13.7. The van der Waals surface area contributed by atoms with Crippen LogP contribution >= 0.6 is 0 Å². The van der Waals surface area contributed by atoms with Crippen molar-refractivity contribution in [2.45, 2.75) is 39.7 Å². The fourth-order valence-electron chi connectivity index (χ4n) is 2.53. The standard InChI is InChI=1S/C20H23NO4/c1-4-14-7-6-8-15(5-2)18(14)21-19(22)16-9-11-17(12-10-16)25-13(3)20(23)24/h6-13H,4-5H2,1-3H3,(H,21,22)(H,23,24)/p-1/t13-/m0/s1. The van der Waals surface area contributed by atoms with Gasteiger partial charge in [0.05, 0.1) is 5.97 Å². The van der Waals surface area contributed by atoms with Crippen LogP contribution in [0.15, 0.2) is 42.5 Å². The van der Waals surface area contributed by atoms with Crippen molar-refractivity contribution in [1.82, 2.24) is 0 Å². The van der Waals surface area contributed by atoms with E-state index in [1.807, 2.05) is 18.2 Å². The number of nitrogens with one attached hydrogen (secondary N) is 1. The van der Waals surface area contributed by atoms with Crippen molar-refractivity contribution in [3.05, 3.63) is 59.2 Å². The molecule has 25 heavy (non-hydrogen) atoms. The van der Waals surface area contributed by atoms with Crippen LogP contribution in [-0.2, 0) is 17.6 Å². The lowest BCUT2D eigenvalue weighted by atomic mass is 10.0. The molecule has 0 aromatic heterocycles. The van der Waals surface area contributed by atoms with Crippen molar-refractivity contribution in [3.63, 3.8) is 0 Å². The Morgan fingerprint density at radius 2 is 1.60 bits per heavy atom. The van der Waals surface area contributed by atoms with Gasteiger partial charge in [-0.05, 0) is 55.2 Å². The van der Waals surface area contributed by atoms with Gasteiger partial charge in [0.2, 0.25) is 0 Å². The van der Waals surface area contributed by atoms with Crippen molar-refractivity contribution < 1.29 is 19.4 Å². The van der Waals surface area contributed by atoms with Gasteiger partial charge in [0.1, 0.15) is 11.9 Å². The molecule has 0 saturated heterocycles. The number of benzene rings is 2. The molecule has 0 saturated carbocycles. The van der Waals surface area contributed by atoms with Gasteiger partial charge in [0, 0.05) is 11.3 Å². The van der Waals surface area contributed by atoms with Crippen LogP contribution in [0.5, 0.6) is 5.75 Å². The summed E-state index contributed by atoms with van der Waals surface area (Å²) >= 11 is 0. The first-order valence-electron chi connectivity index (χ1n) is 8.35. The molecular formula is C20H22NO4-. The molecule has 0 aliphatic rings. The Kier molecular flexibility index (Phi) is 6.17. The Hall–Kier alpha value is -2.82. The zero-order chi connectivity index (χ0) is 18.4. The number of carboxylic acids is 1. The Labute approximate surface area is 147 Å². The van der Waals surface area contributed by atoms with Crippen molar-refractivity contribution in [1.29, 1.82) is 0 Å². The predicted octanol–water partition coefficient (Wildman–Crippen LogP) is 2.58. The van der Waals surface area contributed by atoms with Gasteiger partial charge in [-0.15, -0.1) is 0 Å². The first-order chi connectivity index (χ1) is 12.0. The third-order valence-electron chi connectivity index (χ3n) is 4.00. The van der Waals surface area contributed by atoms with Gasteiger partial charge in [-0.1, -0.05) is 32.0 Å². The van der Waals surface area contributed by atoms with Crippen LogP contribution in [0.3, 0.4) is 0 Å². The van der Waals surface area contributed by atoms with E-state index in [1.54, 1.807) is 24.3 Å². The topological polar surface area (TPSA) is 78.5 Å². The van der Waals surface area contributed by atoms with Gasteiger partial charge in [-0.25, -0.2) is 0 Å². The van der Waals surface area contributed by atoms with E-state index in [9.17, 15) is 14.7 Å². The molecular weight excluding hydrogens is 318 g/mol. The van der Waals surface area contributed by atoms with Gasteiger partial charge < -0.3 is 20.0 Å². The molecule has 0 aliphatic heterocycles. The average Bonchev–Trinajstić information content (AvgIpc) is 2.62. The number of anilines is 1. The number of hydrogen-bond acceptors (Lipinski definition) is 4. The summed E-state index contributed by atoms with van der Waals surface area (Å²) in [6, 6.07) is 12.4. The van der Waals surface area contributed by atoms with E-state index in [4.69, 9.17) is 4.74 Å². The molecule has 0 unspecified atom stereocenters. The maximum absolute atomic E-state index is 12.5. The molecule has 0 spiro atoms. The van der Waals surface area contributed by atoms with E-state index in [-0.39, 0.29) is 5.91 Å². The second kappa shape index (κ2) is 8.33. The van der Waals surface area contributed by atoms with E-state index in [0.717, 1.165) is 29.7 Å². The van der Waals surface area contributed by atoms with Crippen LogP contribution in [0.1, 0.15) is 42.3 Å². The molecule has 1 N–H and O–H groups in total. The Balaban J connectivity index is 2.15. The number of aryl methyl sites for hydroxylation is 2. The van der Waals surface area contributed by atoms with Gasteiger partial charge in [0.25, 0.3) is 5.91 Å². The molecule has 0 aliphatic carbocycles. The van der Waals surface area contributed by atoms with Gasteiger partial charge in [0.15, 0.2) is 0 Å².